The normalized spacial score (nSPS) is 32.4. The van der Waals surface area contributed by atoms with E-state index in [0.717, 1.165) is 25.9 Å². The summed E-state index contributed by atoms with van der Waals surface area (Å²) < 4.78 is 20.2. The number of carbonyl (C=O) groups excluding carboxylic acids is 1. The molecule has 2 unspecified atom stereocenters. The van der Waals surface area contributed by atoms with Crippen LogP contribution in [0.2, 0.25) is 0 Å². The maximum absolute atomic E-state index is 10.6. The van der Waals surface area contributed by atoms with Gasteiger partial charge in [0.05, 0.1) is 6.61 Å². The largest absolute Gasteiger partial charge is 0.508 e. The second-order valence-electron chi connectivity index (χ2n) is 3.43. The van der Waals surface area contributed by atoms with Crippen LogP contribution in [0.3, 0.4) is 0 Å². The van der Waals surface area contributed by atoms with Gasteiger partial charge >= 0.3 is 6.16 Å². The van der Waals surface area contributed by atoms with Gasteiger partial charge < -0.3 is 18.9 Å². The summed E-state index contributed by atoms with van der Waals surface area (Å²) in [4.78, 5) is 10.6. The fourth-order valence-corrected chi connectivity index (χ4v) is 1.50. The third-order valence-corrected chi connectivity index (χ3v) is 2.26. The van der Waals surface area contributed by atoms with Crippen molar-refractivity contribution in [1.29, 1.82) is 0 Å². The minimum absolute atomic E-state index is 0.136. The molecule has 2 heterocycles. The SMILES string of the molecule is O=C1OCC(COC2CCCCO2)O1. The molecular weight excluding hydrogens is 188 g/mol. The molecule has 0 aromatic carbocycles. The highest BCUT2D eigenvalue weighted by molar-refractivity contribution is 5.61. The lowest BCUT2D eigenvalue weighted by molar-refractivity contribution is -0.172. The smallest absolute Gasteiger partial charge is 0.430 e. The molecule has 2 saturated heterocycles. The van der Waals surface area contributed by atoms with Crippen molar-refractivity contribution in [3.8, 4) is 0 Å². The summed E-state index contributed by atoms with van der Waals surface area (Å²) in [6.45, 7) is 1.40. The Morgan fingerprint density at radius 3 is 3.00 bits per heavy atom. The van der Waals surface area contributed by atoms with Crippen molar-refractivity contribution in [2.24, 2.45) is 0 Å². The van der Waals surface area contributed by atoms with Crippen molar-refractivity contribution < 1.29 is 23.7 Å². The van der Waals surface area contributed by atoms with Crippen LogP contribution in [0.4, 0.5) is 4.79 Å². The third-order valence-electron chi connectivity index (χ3n) is 2.26. The molecule has 0 amide bonds. The molecule has 2 fully saturated rings. The number of hydrogen-bond acceptors (Lipinski definition) is 5. The molecule has 0 bridgehead atoms. The number of hydrogen-bond donors (Lipinski definition) is 0. The molecule has 0 aliphatic carbocycles. The Balaban J connectivity index is 1.63. The van der Waals surface area contributed by atoms with Gasteiger partial charge in [0.1, 0.15) is 6.61 Å². The fraction of sp³-hybridized carbons (Fsp3) is 0.889. The zero-order chi connectivity index (χ0) is 9.80. The molecule has 0 spiro atoms. The zero-order valence-electron chi connectivity index (χ0n) is 7.94. The monoisotopic (exact) mass is 202 g/mol. The van der Waals surface area contributed by atoms with Crippen LogP contribution in [-0.2, 0) is 18.9 Å². The Morgan fingerprint density at radius 2 is 2.36 bits per heavy atom. The molecular formula is C9H14O5. The standard InChI is InChI=1S/C9H14O5/c10-9-13-6-7(14-9)5-12-8-3-1-2-4-11-8/h7-8H,1-6H2. The lowest BCUT2D eigenvalue weighted by Gasteiger charge is -2.23. The second kappa shape index (κ2) is 4.61. The number of cyclic esters (lactones) is 2. The molecule has 80 valence electrons. The maximum atomic E-state index is 10.6. The fourth-order valence-electron chi connectivity index (χ4n) is 1.50. The Morgan fingerprint density at radius 1 is 1.43 bits per heavy atom. The van der Waals surface area contributed by atoms with Gasteiger partial charge in [-0.1, -0.05) is 0 Å². The summed E-state index contributed by atoms with van der Waals surface area (Å²) in [5, 5.41) is 0. The van der Waals surface area contributed by atoms with Gasteiger partial charge in [-0.3, -0.25) is 0 Å². The summed E-state index contributed by atoms with van der Waals surface area (Å²) in [7, 11) is 0. The quantitative estimate of drug-likeness (QED) is 0.640. The van der Waals surface area contributed by atoms with Crippen LogP contribution in [0, 0.1) is 0 Å². The van der Waals surface area contributed by atoms with Crippen molar-refractivity contribution in [1.82, 2.24) is 0 Å². The third kappa shape index (κ3) is 2.59. The zero-order valence-corrected chi connectivity index (χ0v) is 7.94. The van der Waals surface area contributed by atoms with Gasteiger partial charge in [-0.2, -0.15) is 0 Å². The average molecular weight is 202 g/mol. The predicted octanol–water partition coefficient (Wildman–Crippen LogP) is 1.06. The minimum Gasteiger partial charge on any atom is -0.430 e. The molecule has 0 radical (unpaired) electrons. The average Bonchev–Trinajstić information content (AvgIpc) is 2.63. The Kier molecular flexibility index (Phi) is 3.21. The van der Waals surface area contributed by atoms with Crippen LogP contribution in [0.25, 0.3) is 0 Å². The molecule has 0 aromatic rings. The van der Waals surface area contributed by atoms with E-state index in [1.54, 1.807) is 0 Å². The van der Waals surface area contributed by atoms with Gasteiger partial charge in [0, 0.05) is 6.61 Å². The maximum Gasteiger partial charge on any atom is 0.508 e. The second-order valence-corrected chi connectivity index (χ2v) is 3.43. The first-order valence-corrected chi connectivity index (χ1v) is 4.91. The van der Waals surface area contributed by atoms with Crippen molar-refractivity contribution in [2.45, 2.75) is 31.7 Å². The first-order valence-electron chi connectivity index (χ1n) is 4.91. The first kappa shape index (κ1) is 9.73. The molecule has 14 heavy (non-hydrogen) atoms. The molecule has 0 aromatic heterocycles. The van der Waals surface area contributed by atoms with Crippen LogP contribution >= 0.6 is 0 Å². The summed E-state index contributed by atoms with van der Waals surface area (Å²) in [5.41, 5.74) is 0. The van der Waals surface area contributed by atoms with Crippen LogP contribution < -0.4 is 0 Å². The Labute approximate surface area is 82.3 Å². The van der Waals surface area contributed by atoms with Crippen molar-refractivity contribution in [3.63, 3.8) is 0 Å². The molecule has 0 saturated carbocycles. The van der Waals surface area contributed by atoms with Gasteiger partial charge in [-0.25, -0.2) is 4.79 Å². The number of carbonyl (C=O) groups is 1. The Bertz CT molecular complexity index is 199. The lowest BCUT2D eigenvalue weighted by atomic mass is 10.2. The highest BCUT2D eigenvalue weighted by Gasteiger charge is 2.26. The van der Waals surface area contributed by atoms with Crippen LogP contribution in [-0.4, -0.2) is 38.4 Å². The van der Waals surface area contributed by atoms with Crippen molar-refractivity contribution in [3.05, 3.63) is 0 Å². The summed E-state index contributed by atoms with van der Waals surface area (Å²) >= 11 is 0. The predicted molar refractivity (Wildman–Crippen MR) is 45.8 cm³/mol. The molecule has 2 aliphatic heterocycles. The van der Waals surface area contributed by atoms with Gasteiger partial charge in [-0.15, -0.1) is 0 Å². The van der Waals surface area contributed by atoms with E-state index in [4.69, 9.17) is 14.2 Å². The van der Waals surface area contributed by atoms with Gasteiger partial charge in [0.15, 0.2) is 12.4 Å². The summed E-state index contributed by atoms with van der Waals surface area (Å²) in [6.07, 6.45) is 2.13. The van der Waals surface area contributed by atoms with E-state index in [0.29, 0.717) is 6.61 Å². The molecule has 5 heteroatoms. The highest BCUT2D eigenvalue weighted by Crippen LogP contribution is 2.15. The molecule has 5 nitrogen and oxygen atoms in total. The van der Waals surface area contributed by atoms with Crippen LogP contribution in [0.15, 0.2) is 0 Å². The van der Waals surface area contributed by atoms with E-state index in [9.17, 15) is 4.79 Å². The van der Waals surface area contributed by atoms with E-state index in [1.165, 1.54) is 0 Å². The first-order chi connectivity index (χ1) is 6.84. The van der Waals surface area contributed by atoms with E-state index in [-0.39, 0.29) is 19.0 Å². The van der Waals surface area contributed by atoms with Crippen molar-refractivity contribution in [2.75, 3.05) is 19.8 Å². The lowest BCUT2D eigenvalue weighted by Crippen LogP contribution is -2.27. The van der Waals surface area contributed by atoms with E-state index in [1.807, 2.05) is 0 Å². The highest BCUT2D eigenvalue weighted by atomic mass is 16.8. The van der Waals surface area contributed by atoms with Gasteiger partial charge in [0.25, 0.3) is 0 Å². The van der Waals surface area contributed by atoms with E-state index < -0.39 is 6.16 Å². The molecule has 0 N–H and O–H groups in total. The minimum atomic E-state index is -0.608. The molecule has 2 aliphatic rings. The van der Waals surface area contributed by atoms with Crippen LogP contribution in [0.5, 0.6) is 0 Å². The topological polar surface area (TPSA) is 54.0 Å². The number of ether oxygens (including phenoxy) is 4. The van der Waals surface area contributed by atoms with Gasteiger partial charge in [-0.05, 0) is 19.3 Å². The molecule has 2 atom stereocenters. The van der Waals surface area contributed by atoms with Crippen LogP contribution in [0.1, 0.15) is 19.3 Å². The van der Waals surface area contributed by atoms with Crippen molar-refractivity contribution >= 4 is 6.16 Å². The molecule has 2 rings (SSSR count). The van der Waals surface area contributed by atoms with E-state index >= 15 is 0 Å². The Hall–Kier alpha value is -0.810. The van der Waals surface area contributed by atoms with Gasteiger partial charge in [0.2, 0.25) is 0 Å². The number of rotatable bonds is 3. The summed E-state index contributed by atoms with van der Waals surface area (Å²) in [6, 6.07) is 0. The van der Waals surface area contributed by atoms with E-state index in [2.05, 4.69) is 4.74 Å². The summed E-state index contributed by atoms with van der Waals surface area (Å²) in [5.74, 6) is 0.